The summed E-state index contributed by atoms with van der Waals surface area (Å²) < 4.78 is 49.7. The number of benzene rings is 3. The lowest BCUT2D eigenvalue weighted by Gasteiger charge is -2.36. The number of anilines is 2. The second kappa shape index (κ2) is 11.0. The van der Waals surface area contributed by atoms with E-state index in [-0.39, 0.29) is 17.5 Å². The molecule has 2 heterocycles. The van der Waals surface area contributed by atoms with Crippen molar-refractivity contribution in [3.8, 4) is 5.75 Å². The van der Waals surface area contributed by atoms with Crippen LogP contribution in [-0.2, 0) is 6.54 Å². The van der Waals surface area contributed by atoms with E-state index in [0.717, 1.165) is 55.3 Å². The number of alkyl halides is 3. The molecule has 1 aliphatic heterocycles. The van der Waals surface area contributed by atoms with Crippen LogP contribution in [0.4, 0.5) is 24.5 Å². The van der Waals surface area contributed by atoms with Crippen LogP contribution >= 0.6 is 0 Å². The number of piperazine rings is 1. The summed E-state index contributed by atoms with van der Waals surface area (Å²) in [5.41, 5.74) is 2.99. The SMILES string of the molecule is FC(F)(F)Oc1ccc(N2CCN(Cc3ccco3)CC2)cc1NC(c1ccccc1)c1ccccc1. The monoisotopic (exact) mass is 507 g/mol. The number of nitrogens with zero attached hydrogens (tertiary/aromatic N) is 2. The molecule has 1 N–H and O–H groups in total. The zero-order valence-corrected chi connectivity index (χ0v) is 20.2. The molecule has 1 saturated heterocycles. The third-order valence-corrected chi connectivity index (χ3v) is 6.45. The van der Waals surface area contributed by atoms with Gasteiger partial charge in [0.2, 0.25) is 0 Å². The fraction of sp³-hybridized carbons (Fsp3) is 0.241. The molecule has 8 heteroatoms. The second-order valence-corrected chi connectivity index (χ2v) is 8.97. The van der Waals surface area contributed by atoms with Gasteiger partial charge in [-0.1, -0.05) is 60.7 Å². The molecule has 0 amide bonds. The summed E-state index contributed by atoms with van der Waals surface area (Å²) in [6, 6.07) is 27.6. The Hall–Kier alpha value is -3.91. The molecule has 5 rings (SSSR count). The normalized spacial score (nSPS) is 14.6. The molecule has 0 radical (unpaired) electrons. The lowest BCUT2D eigenvalue weighted by molar-refractivity contribution is -0.274. The molecule has 0 spiro atoms. The zero-order valence-electron chi connectivity index (χ0n) is 20.2. The Balaban J connectivity index is 1.41. The predicted octanol–water partition coefficient (Wildman–Crippen LogP) is 6.70. The maximum atomic E-state index is 13.3. The highest BCUT2D eigenvalue weighted by atomic mass is 19.4. The Morgan fingerprint density at radius 2 is 1.46 bits per heavy atom. The summed E-state index contributed by atoms with van der Waals surface area (Å²) >= 11 is 0. The van der Waals surface area contributed by atoms with Gasteiger partial charge in [-0.25, -0.2) is 0 Å². The van der Waals surface area contributed by atoms with Crippen LogP contribution in [0.2, 0.25) is 0 Å². The van der Waals surface area contributed by atoms with E-state index >= 15 is 0 Å². The summed E-state index contributed by atoms with van der Waals surface area (Å²) in [6.07, 6.45) is -3.13. The predicted molar refractivity (Wildman–Crippen MR) is 138 cm³/mol. The highest BCUT2D eigenvalue weighted by Crippen LogP contribution is 2.37. The second-order valence-electron chi connectivity index (χ2n) is 8.97. The van der Waals surface area contributed by atoms with Crippen LogP contribution in [0.1, 0.15) is 22.9 Å². The van der Waals surface area contributed by atoms with Crippen LogP contribution in [0.15, 0.2) is 102 Å². The molecular formula is C29H28F3N3O2. The van der Waals surface area contributed by atoms with Crippen LogP contribution < -0.4 is 15.0 Å². The van der Waals surface area contributed by atoms with Gasteiger partial charge in [0.25, 0.3) is 0 Å². The maximum Gasteiger partial charge on any atom is 0.573 e. The van der Waals surface area contributed by atoms with Crippen molar-refractivity contribution in [1.29, 1.82) is 0 Å². The smallest absolute Gasteiger partial charge is 0.468 e. The third kappa shape index (κ3) is 6.46. The number of rotatable bonds is 8. The standard InChI is InChI=1S/C29H28F3N3O2/c30-29(31,32)37-27-14-13-24(35-17-15-34(16-18-35)21-25-12-7-19-36-25)20-26(27)33-28(22-8-3-1-4-9-22)23-10-5-2-6-11-23/h1-14,19-20,28,33H,15-18,21H2. The van der Waals surface area contributed by atoms with Crippen LogP contribution in [0.25, 0.3) is 0 Å². The van der Waals surface area contributed by atoms with Crippen molar-refractivity contribution in [2.75, 3.05) is 36.4 Å². The van der Waals surface area contributed by atoms with E-state index in [0.29, 0.717) is 0 Å². The molecule has 3 aromatic carbocycles. The lowest BCUT2D eigenvalue weighted by Crippen LogP contribution is -2.45. The van der Waals surface area contributed by atoms with Crippen molar-refractivity contribution in [3.63, 3.8) is 0 Å². The van der Waals surface area contributed by atoms with Gasteiger partial charge in [0.05, 0.1) is 24.5 Å². The summed E-state index contributed by atoms with van der Waals surface area (Å²) in [5, 5.41) is 3.35. The summed E-state index contributed by atoms with van der Waals surface area (Å²) in [4.78, 5) is 4.48. The largest absolute Gasteiger partial charge is 0.573 e. The van der Waals surface area contributed by atoms with Crippen molar-refractivity contribution in [2.45, 2.75) is 18.9 Å². The average Bonchev–Trinajstić information content (AvgIpc) is 3.42. The maximum absolute atomic E-state index is 13.3. The molecule has 37 heavy (non-hydrogen) atoms. The van der Waals surface area contributed by atoms with E-state index in [4.69, 9.17) is 4.42 Å². The first-order chi connectivity index (χ1) is 17.9. The van der Waals surface area contributed by atoms with Crippen LogP contribution in [-0.4, -0.2) is 37.4 Å². The number of ether oxygens (including phenoxy) is 1. The molecule has 0 saturated carbocycles. The fourth-order valence-electron chi connectivity index (χ4n) is 4.63. The van der Waals surface area contributed by atoms with E-state index in [1.54, 1.807) is 18.4 Å². The minimum absolute atomic E-state index is 0.260. The van der Waals surface area contributed by atoms with Gasteiger partial charge in [-0.15, -0.1) is 13.2 Å². The first-order valence-corrected chi connectivity index (χ1v) is 12.2. The summed E-state index contributed by atoms with van der Waals surface area (Å²) in [6.45, 7) is 3.88. The Morgan fingerprint density at radius 1 is 0.811 bits per heavy atom. The van der Waals surface area contributed by atoms with Gasteiger partial charge >= 0.3 is 6.36 Å². The quantitative estimate of drug-likeness (QED) is 0.287. The minimum atomic E-state index is -4.80. The molecule has 0 atom stereocenters. The van der Waals surface area contributed by atoms with Crippen molar-refractivity contribution in [2.24, 2.45) is 0 Å². The van der Waals surface area contributed by atoms with Crippen LogP contribution in [0.5, 0.6) is 5.75 Å². The average molecular weight is 508 g/mol. The minimum Gasteiger partial charge on any atom is -0.468 e. The summed E-state index contributed by atoms with van der Waals surface area (Å²) in [7, 11) is 0. The summed E-state index contributed by atoms with van der Waals surface area (Å²) in [5.74, 6) is 0.658. The molecule has 0 unspecified atom stereocenters. The zero-order chi connectivity index (χ0) is 25.7. The molecule has 1 aliphatic rings. The number of hydrogen-bond donors (Lipinski definition) is 1. The van der Waals surface area contributed by atoms with Gasteiger partial charge < -0.3 is 19.4 Å². The first kappa shape index (κ1) is 24.8. The molecule has 192 valence electrons. The highest BCUT2D eigenvalue weighted by molar-refractivity contribution is 5.67. The number of nitrogens with one attached hydrogen (secondary N) is 1. The van der Waals surface area contributed by atoms with Gasteiger partial charge in [-0.3, -0.25) is 4.90 Å². The Morgan fingerprint density at radius 3 is 2.03 bits per heavy atom. The number of halogens is 3. The van der Waals surface area contributed by atoms with E-state index in [1.807, 2.05) is 72.8 Å². The Labute approximate surface area is 214 Å². The van der Waals surface area contributed by atoms with Gasteiger partial charge in [0.15, 0.2) is 5.75 Å². The first-order valence-electron chi connectivity index (χ1n) is 12.2. The van der Waals surface area contributed by atoms with E-state index in [2.05, 4.69) is 19.9 Å². The molecule has 0 bridgehead atoms. The van der Waals surface area contributed by atoms with E-state index in [1.165, 1.54) is 6.07 Å². The van der Waals surface area contributed by atoms with Crippen LogP contribution in [0.3, 0.4) is 0 Å². The third-order valence-electron chi connectivity index (χ3n) is 6.45. The molecule has 1 aromatic heterocycles. The van der Waals surface area contributed by atoms with Crippen molar-refractivity contribution in [3.05, 3.63) is 114 Å². The lowest BCUT2D eigenvalue weighted by atomic mass is 9.98. The van der Waals surface area contributed by atoms with E-state index < -0.39 is 6.36 Å². The van der Waals surface area contributed by atoms with E-state index in [9.17, 15) is 13.2 Å². The van der Waals surface area contributed by atoms with Gasteiger partial charge in [0, 0.05) is 31.9 Å². The van der Waals surface area contributed by atoms with Crippen molar-refractivity contribution in [1.82, 2.24) is 4.90 Å². The number of hydrogen-bond acceptors (Lipinski definition) is 5. The topological polar surface area (TPSA) is 40.9 Å². The fourth-order valence-corrected chi connectivity index (χ4v) is 4.63. The van der Waals surface area contributed by atoms with Gasteiger partial charge in [-0.2, -0.15) is 0 Å². The van der Waals surface area contributed by atoms with Gasteiger partial charge in [0.1, 0.15) is 5.76 Å². The van der Waals surface area contributed by atoms with Crippen molar-refractivity contribution >= 4 is 11.4 Å². The molecule has 5 nitrogen and oxygen atoms in total. The van der Waals surface area contributed by atoms with Crippen molar-refractivity contribution < 1.29 is 22.3 Å². The Kier molecular flexibility index (Phi) is 7.37. The number of furan rings is 1. The highest BCUT2D eigenvalue weighted by Gasteiger charge is 2.33. The molecule has 4 aromatic rings. The molecule has 0 aliphatic carbocycles. The molecule has 1 fully saturated rings. The van der Waals surface area contributed by atoms with Gasteiger partial charge in [-0.05, 0) is 41.5 Å². The Bertz CT molecular complexity index is 1220. The molecular weight excluding hydrogens is 479 g/mol. The van der Waals surface area contributed by atoms with Crippen LogP contribution in [0, 0.1) is 0 Å².